The predicted octanol–water partition coefficient (Wildman–Crippen LogP) is 2.57. The standard InChI is InChI=1S/C11H14F2O/c1-11(2,13)10-8(6-7-14)4-3-5-9(10)12/h3-5,14H,6-7H2,1-2H3. The van der Waals surface area contributed by atoms with Gasteiger partial charge in [-0.05, 0) is 31.9 Å². The Balaban J connectivity index is 3.22. The number of halogens is 2. The topological polar surface area (TPSA) is 20.2 Å². The van der Waals surface area contributed by atoms with E-state index in [4.69, 9.17) is 5.11 Å². The van der Waals surface area contributed by atoms with Gasteiger partial charge < -0.3 is 5.11 Å². The Kier molecular flexibility index (Phi) is 3.21. The lowest BCUT2D eigenvalue weighted by Gasteiger charge is -2.19. The zero-order valence-corrected chi connectivity index (χ0v) is 8.35. The van der Waals surface area contributed by atoms with Crippen LogP contribution in [0.15, 0.2) is 18.2 Å². The van der Waals surface area contributed by atoms with Gasteiger partial charge in [-0.25, -0.2) is 8.78 Å². The Morgan fingerprint density at radius 3 is 2.50 bits per heavy atom. The first-order chi connectivity index (χ1) is 6.46. The molecule has 0 saturated heterocycles. The predicted molar refractivity (Wildman–Crippen MR) is 51.3 cm³/mol. The van der Waals surface area contributed by atoms with Gasteiger partial charge in [-0.3, -0.25) is 0 Å². The summed E-state index contributed by atoms with van der Waals surface area (Å²) in [6.07, 6.45) is 0.278. The largest absolute Gasteiger partial charge is 0.396 e. The van der Waals surface area contributed by atoms with Crippen molar-refractivity contribution in [2.45, 2.75) is 25.9 Å². The van der Waals surface area contributed by atoms with Crippen molar-refractivity contribution in [1.29, 1.82) is 0 Å². The van der Waals surface area contributed by atoms with Gasteiger partial charge >= 0.3 is 0 Å². The molecule has 0 heterocycles. The Morgan fingerprint density at radius 2 is 2.00 bits per heavy atom. The molecule has 0 saturated carbocycles. The summed E-state index contributed by atoms with van der Waals surface area (Å²) in [5, 5.41) is 8.76. The zero-order valence-electron chi connectivity index (χ0n) is 8.35. The second-order valence-corrected chi connectivity index (χ2v) is 3.72. The molecule has 1 nitrogen and oxygen atoms in total. The van der Waals surface area contributed by atoms with E-state index in [1.54, 1.807) is 6.07 Å². The molecule has 0 fully saturated rings. The molecule has 1 rings (SSSR count). The molecule has 0 aromatic heterocycles. The molecule has 1 aromatic rings. The van der Waals surface area contributed by atoms with E-state index in [1.165, 1.54) is 26.0 Å². The summed E-state index contributed by atoms with van der Waals surface area (Å²) < 4.78 is 27.0. The van der Waals surface area contributed by atoms with Crippen LogP contribution in [-0.2, 0) is 12.1 Å². The third-order valence-electron chi connectivity index (χ3n) is 2.08. The maximum atomic E-state index is 13.6. The fourth-order valence-corrected chi connectivity index (χ4v) is 1.56. The molecular formula is C11H14F2O. The lowest BCUT2D eigenvalue weighted by Crippen LogP contribution is -2.15. The van der Waals surface area contributed by atoms with Gasteiger partial charge in [0.1, 0.15) is 11.5 Å². The van der Waals surface area contributed by atoms with Crippen molar-refractivity contribution in [2.24, 2.45) is 0 Å². The van der Waals surface area contributed by atoms with Gasteiger partial charge in [0.05, 0.1) is 0 Å². The molecular weight excluding hydrogens is 186 g/mol. The molecule has 1 N–H and O–H groups in total. The average Bonchev–Trinajstić information content (AvgIpc) is 2.02. The second-order valence-electron chi connectivity index (χ2n) is 3.72. The maximum absolute atomic E-state index is 13.6. The first kappa shape index (κ1) is 11.1. The van der Waals surface area contributed by atoms with E-state index in [-0.39, 0.29) is 18.6 Å². The minimum atomic E-state index is -1.71. The molecule has 0 spiro atoms. The van der Waals surface area contributed by atoms with Crippen LogP contribution in [0.5, 0.6) is 0 Å². The number of aliphatic hydroxyl groups excluding tert-OH is 1. The molecule has 78 valence electrons. The monoisotopic (exact) mass is 200 g/mol. The van der Waals surface area contributed by atoms with Crippen molar-refractivity contribution in [3.05, 3.63) is 35.1 Å². The normalized spacial score (nSPS) is 11.8. The number of benzene rings is 1. The quantitative estimate of drug-likeness (QED) is 0.795. The summed E-state index contributed by atoms with van der Waals surface area (Å²) in [6.45, 7) is 2.52. The summed E-state index contributed by atoms with van der Waals surface area (Å²) >= 11 is 0. The highest BCUT2D eigenvalue weighted by Gasteiger charge is 2.25. The fraction of sp³-hybridized carbons (Fsp3) is 0.455. The van der Waals surface area contributed by atoms with Crippen molar-refractivity contribution in [1.82, 2.24) is 0 Å². The molecule has 0 aliphatic rings. The summed E-state index contributed by atoms with van der Waals surface area (Å²) in [5.41, 5.74) is -1.13. The fourth-order valence-electron chi connectivity index (χ4n) is 1.56. The van der Waals surface area contributed by atoms with Crippen LogP contribution in [0.3, 0.4) is 0 Å². The van der Waals surface area contributed by atoms with Crippen LogP contribution in [0, 0.1) is 5.82 Å². The Hall–Kier alpha value is -0.960. The lowest BCUT2D eigenvalue weighted by molar-refractivity contribution is 0.210. The molecule has 0 bridgehead atoms. The van der Waals surface area contributed by atoms with Crippen LogP contribution >= 0.6 is 0 Å². The van der Waals surface area contributed by atoms with Crippen LogP contribution < -0.4 is 0 Å². The average molecular weight is 200 g/mol. The van der Waals surface area contributed by atoms with Crippen molar-refractivity contribution in [2.75, 3.05) is 6.61 Å². The summed E-state index contributed by atoms with van der Waals surface area (Å²) in [7, 11) is 0. The summed E-state index contributed by atoms with van der Waals surface area (Å²) in [4.78, 5) is 0. The third-order valence-corrected chi connectivity index (χ3v) is 2.08. The summed E-state index contributed by atoms with van der Waals surface area (Å²) in [5.74, 6) is -0.552. The highest BCUT2D eigenvalue weighted by molar-refractivity contribution is 5.33. The van der Waals surface area contributed by atoms with E-state index >= 15 is 0 Å². The number of hydrogen-bond donors (Lipinski definition) is 1. The summed E-state index contributed by atoms with van der Waals surface area (Å²) in [6, 6.07) is 4.39. The number of hydrogen-bond acceptors (Lipinski definition) is 1. The molecule has 0 amide bonds. The Morgan fingerprint density at radius 1 is 1.36 bits per heavy atom. The highest BCUT2D eigenvalue weighted by Crippen LogP contribution is 2.30. The maximum Gasteiger partial charge on any atom is 0.133 e. The van der Waals surface area contributed by atoms with E-state index in [2.05, 4.69) is 0 Å². The number of alkyl halides is 1. The van der Waals surface area contributed by atoms with E-state index in [0.29, 0.717) is 5.56 Å². The molecule has 1 aromatic carbocycles. The molecule has 14 heavy (non-hydrogen) atoms. The first-order valence-corrected chi connectivity index (χ1v) is 4.54. The smallest absolute Gasteiger partial charge is 0.133 e. The molecule has 0 aliphatic carbocycles. The minimum Gasteiger partial charge on any atom is -0.396 e. The lowest BCUT2D eigenvalue weighted by atomic mass is 9.92. The van der Waals surface area contributed by atoms with E-state index in [1.807, 2.05) is 0 Å². The van der Waals surface area contributed by atoms with Crippen molar-refractivity contribution in [3.8, 4) is 0 Å². The van der Waals surface area contributed by atoms with Crippen LogP contribution in [0.2, 0.25) is 0 Å². The number of aliphatic hydroxyl groups is 1. The van der Waals surface area contributed by atoms with E-state index in [0.717, 1.165) is 0 Å². The van der Waals surface area contributed by atoms with Crippen LogP contribution in [0.25, 0.3) is 0 Å². The first-order valence-electron chi connectivity index (χ1n) is 4.54. The van der Waals surface area contributed by atoms with Crippen LogP contribution in [0.1, 0.15) is 25.0 Å². The Bertz CT molecular complexity index is 316. The molecule has 0 unspecified atom stereocenters. The van der Waals surface area contributed by atoms with E-state index < -0.39 is 11.5 Å². The van der Waals surface area contributed by atoms with Gasteiger partial charge in [0.25, 0.3) is 0 Å². The molecule has 0 radical (unpaired) electrons. The van der Waals surface area contributed by atoms with Gasteiger partial charge in [0.15, 0.2) is 0 Å². The van der Waals surface area contributed by atoms with Gasteiger partial charge in [-0.1, -0.05) is 12.1 Å². The number of rotatable bonds is 3. The molecule has 0 aliphatic heterocycles. The second kappa shape index (κ2) is 4.05. The van der Waals surface area contributed by atoms with Gasteiger partial charge in [0.2, 0.25) is 0 Å². The van der Waals surface area contributed by atoms with Gasteiger partial charge in [0, 0.05) is 12.2 Å². The van der Waals surface area contributed by atoms with Gasteiger partial charge in [-0.2, -0.15) is 0 Å². The minimum absolute atomic E-state index is 0.0500. The van der Waals surface area contributed by atoms with Crippen LogP contribution in [0.4, 0.5) is 8.78 Å². The van der Waals surface area contributed by atoms with Gasteiger partial charge in [-0.15, -0.1) is 0 Å². The van der Waals surface area contributed by atoms with Crippen molar-refractivity contribution in [3.63, 3.8) is 0 Å². The van der Waals surface area contributed by atoms with Crippen molar-refractivity contribution >= 4 is 0 Å². The van der Waals surface area contributed by atoms with Crippen LogP contribution in [-0.4, -0.2) is 11.7 Å². The molecule has 0 atom stereocenters. The molecule has 3 heteroatoms. The third kappa shape index (κ3) is 2.29. The van der Waals surface area contributed by atoms with E-state index in [9.17, 15) is 8.78 Å². The van der Waals surface area contributed by atoms with Crippen molar-refractivity contribution < 1.29 is 13.9 Å². The SMILES string of the molecule is CC(C)(F)c1c(F)cccc1CCO. The Labute approximate surface area is 82.4 Å². The highest BCUT2D eigenvalue weighted by atomic mass is 19.1. The zero-order chi connectivity index (χ0) is 10.8.